The van der Waals surface area contributed by atoms with E-state index in [1.165, 1.54) is 0 Å². The fourth-order valence-electron chi connectivity index (χ4n) is 3.42. The average molecular weight is 408 g/mol. The van der Waals surface area contributed by atoms with Gasteiger partial charge in [0.1, 0.15) is 0 Å². The first kappa shape index (κ1) is 27.4. The van der Waals surface area contributed by atoms with Crippen molar-refractivity contribution in [2.75, 3.05) is 19.6 Å². The number of rotatable bonds is 17. The second kappa shape index (κ2) is 18.4. The zero-order valence-electron chi connectivity index (χ0n) is 19.5. The van der Waals surface area contributed by atoms with E-state index in [4.69, 9.17) is 0 Å². The molecule has 0 heterocycles. The highest BCUT2D eigenvalue weighted by Gasteiger charge is 2.19. The van der Waals surface area contributed by atoms with Gasteiger partial charge in [0.25, 0.3) is 0 Å². The summed E-state index contributed by atoms with van der Waals surface area (Å²) in [6, 6.07) is 0.472. The van der Waals surface area contributed by atoms with E-state index in [9.17, 15) is 9.59 Å². The minimum Gasteiger partial charge on any atom is -0.355 e. The summed E-state index contributed by atoms with van der Waals surface area (Å²) < 4.78 is 0. The van der Waals surface area contributed by atoms with E-state index in [2.05, 4.69) is 60.6 Å². The third-order valence-electron chi connectivity index (χ3n) is 5.21. The summed E-state index contributed by atoms with van der Waals surface area (Å²) in [6.45, 7) is 12.6. The van der Waals surface area contributed by atoms with Gasteiger partial charge in [0.2, 0.25) is 11.8 Å². The molecule has 0 saturated carbocycles. The minimum atomic E-state index is 0.132. The lowest BCUT2D eigenvalue weighted by molar-refractivity contribution is -0.121. The minimum absolute atomic E-state index is 0.132. The number of amides is 2. The molecule has 0 aliphatic carbocycles. The van der Waals surface area contributed by atoms with Gasteiger partial charge in [0, 0.05) is 38.0 Å². The topological polar surface area (TPSA) is 61.4 Å². The smallest absolute Gasteiger partial charge is 0.220 e. The lowest BCUT2D eigenvalue weighted by atomic mass is 10.1. The Morgan fingerprint density at radius 3 is 1.55 bits per heavy atom. The zero-order valence-corrected chi connectivity index (χ0v) is 19.5. The van der Waals surface area contributed by atoms with Crippen molar-refractivity contribution in [2.45, 2.75) is 98.1 Å². The molecule has 5 heteroatoms. The molecule has 29 heavy (non-hydrogen) atoms. The Balaban J connectivity index is 4.09. The molecule has 0 radical (unpaired) electrons. The van der Waals surface area contributed by atoms with E-state index in [-0.39, 0.29) is 23.9 Å². The van der Waals surface area contributed by atoms with Crippen LogP contribution in [0.2, 0.25) is 0 Å². The summed E-state index contributed by atoms with van der Waals surface area (Å²) in [4.78, 5) is 26.4. The van der Waals surface area contributed by atoms with Crippen LogP contribution in [0.1, 0.15) is 86.0 Å². The molecule has 2 atom stereocenters. The molecule has 5 nitrogen and oxygen atoms in total. The summed E-state index contributed by atoms with van der Waals surface area (Å²) in [7, 11) is 0. The molecular weight excluding hydrogens is 362 g/mol. The fourth-order valence-corrected chi connectivity index (χ4v) is 3.42. The van der Waals surface area contributed by atoms with Crippen LogP contribution in [0.25, 0.3) is 0 Å². The highest BCUT2D eigenvalue weighted by molar-refractivity contribution is 5.76. The van der Waals surface area contributed by atoms with Gasteiger partial charge in [-0.1, -0.05) is 31.2 Å². The molecule has 2 N–H and O–H groups in total. The molecule has 0 bridgehead atoms. The van der Waals surface area contributed by atoms with Crippen LogP contribution in [-0.4, -0.2) is 48.4 Å². The molecule has 2 unspecified atom stereocenters. The number of likely N-dealkylation sites (N-methyl/N-ethyl adjacent to an activating group) is 1. The molecule has 2 amide bonds. The predicted octanol–water partition coefficient (Wildman–Crippen LogP) is 4.59. The van der Waals surface area contributed by atoms with E-state index in [0.29, 0.717) is 25.9 Å². The van der Waals surface area contributed by atoms with Crippen LogP contribution in [0, 0.1) is 0 Å². The van der Waals surface area contributed by atoms with Crippen LogP contribution in [0.3, 0.4) is 0 Å². The van der Waals surface area contributed by atoms with Gasteiger partial charge >= 0.3 is 0 Å². The molecular formula is C24H45N3O2. The number of unbranched alkanes of at least 4 members (excludes halogenated alkanes) is 4. The van der Waals surface area contributed by atoms with Crippen molar-refractivity contribution in [3.63, 3.8) is 0 Å². The SMILES string of the molecule is C/C=C/CCCCC(=O)NCC(C)N(CC)C(C)CNC(=O)CCCC/C=C/C. The van der Waals surface area contributed by atoms with Crippen molar-refractivity contribution in [3.8, 4) is 0 Å². The number of hydrogen-bond donors (Lipinski definition) is 2. The largest absolute Gasteiger partial charge is 0.355 e. The Kier molecular flexibility index (Phi) is 17.4. The predicted molar refractivity (Wildman–Crippen MR) is 124 cm³/mol. The van der Waals surface area contributed by atoms with Crippen molar-refractivity contribution < 1.29 is 9.59 Å². The number of hydrogen-bond acceptors (Lipinski definition) is 3. The van der Waals surface area contributed by atoms with Gasteiger partial charge < -0.3 is 10.6 Å². The number of carbonyl (C=O) groups excluding carboxylic acids is 2. The Morgan fingerprint density at radius 2 is 1.21 bits per heavy atom. The summed E-state index contributed by atoms with van der Waals surface area (Å²) >= 11 is 0. The maximum atomic E-state index is 12.0. The Morgan fingerprint density at radius 1 is 0.793 bits per heavy atom. The number of nitrogens with zero attached hydrogens (tertiary/aromatic N) is 1. The van der Waals surface area contributed by atoms with Crippen LogP contribution >= 0.6 is 0 Å². The molecule has 0 aliphatic heterocycles. The second-order valence-electron chi connectivity index (χ2n) is 7.77. The lowest BCUT2D eigenvalue weighted by Gasteiger charge is -2.33. The summed E-state index contributed by atoms with van der Waals surface area (Å²) in [5.41, 5.74) is 0. The van der Waals surface area contributed by atoms with Gasteiger partial charge in [0.05, 0.1) is 0 Å². The van der Waals surface area contributed by atoms with Crippen molar-refractivity contribution in [1.82, 2.24) is 15.5 Å². The van der Waals surface area contributed by atoms with Crippen molar-refractivity contribution in [1.29, 1.82) is 0 Å². The van der Waals surface area contributed by atoms with E-state index >= 15 is 0 Å². The quantitative estimate of drug-likeness (QED) is 0.274. The molecule has 0 aromatic heterocycles. The molecule has 0 rings (SSSR count). The molecule has 168 valence electrons. The summed E-state index contributed by atoms with van der Waals surface area (Å²) in [5.74, 6) is 0.263. The third-order valence-corrected chi connectivity index (χ3v) is 5.21. The van der Waals surface area contributed by atoms with Gasteiger partial charge in [-0.3, -0.25) is 14.5 Å². The lowest BCUT2D eigenvalue weighted by Crippen LogP contribution is -2.50. The summed E-state index contributed by atoms with van der Waals surface area (Å²) in [5, 5.41) is 6.12. The van der Waals surface area contributed by atoms with Crippen molar-refractivity contribution in [3.05, 3.63) is 24.3 Å². The van der Waals surface area contributed by atoms with Crippen LogP contribution in [0.5, 0.6) is 0 Å². The maximum Gasteiger partial charge on any atom is 0.220 e. The number of carbonyl (C=O) groups is 2. The van der Waals surface area contributed by atoms with Gasteiger partial charge in [-0.25, -0.2) is 0 Å². The van der Waals surface area contributed by atoms with E-state index < -0.39 is 0 Å². The molecule has 0 fully saturated rings. The van der Waals surface area contributed by atoms with Gasteiger partial charge in [-0.2, -0.15) is 0 Å². The van der Waals surface area contributed by atoms with Gasteiger partial charge in [-0.05, 0) is 72.8 Å². The van der Waals surface area contributed by atoms with Crippen LogP contribution in [0.15, 0.2) is 24.3 Å². The van der Waals surface area contributed by atoms with E-state index in [1.807, 2.05) is 13.8 Å². The first-order valence-electron chi connectivity index (χ1n) is 11.5. The Labute approximate surface area is 179 Å². The number of allylic oxidation sites excluding steroid dienone is 4. The molecule has 0 spiro atoms. The normalized spacial score (nSPS) is 13.9. The highest BCUT2D eigenvalue weighted by Crippen LogP contribution is 2.06. The molecule has 0 aliphatic rings. The molecule has 0 saturated heterocycles. The average Bonchev–Trinajstić information content (AvgIpc) is 2.71. The maximum absolute atomic E-state index is 12.0. The number of nitrogens with one attached hydrogen (secondary N) is 2. The Bertz CT molecular complexity index is 447. The van der Waals surface area contributed by atoms with Gasteiger partial charge in [0.15, 0.2) is 0 Å². The monoisotopic (exact) mass is 407 g/mol. The van der Waals surface area contributed by atoms with E-state index in [0.717, 1.165) is 45.1 Å². The first-order valence-corrected chi connectivity index (χ1v) is 11.5. The van der Waals surface area contributed by atoms with Crippen molar-refractivity contribution in [2.24, 2.45) is 0 Å². The standard InChI is InChI=1S/C24H45N3O2/c1-6-9-11-13-15-17-23(28)25-19-21(4)27(8-3)22(5)20-26-24(29)18-16-14-12-10-7-2/h6-7,9-10,21-22H,8,11-20H2,1-5H3,(H,25,28)(H,26,29)/b9-6+,10-7+. The highest BCUT2D eigenvalue weighted by atomic mass is 16.2. The summed E-state index contributed by atoms with van der Waals surface area (Å²) in [6.07, 6.45) is 15.6. The first-order chi connectivity index (χ1) is 14.0. The molecule has 0 aromatic rings. The van der Waals surface area contributed by atoms with E-state index in [1.54, 1.807) is 0 Å². The third kappa shape index (κ3) is 15.0. The van der Waals surface area contributed by atoms with Gasteiger partial charge in [-0.15, -0.1) is 0 Å². The fraction of sp³-hybridized carbons (Fsp3) is 0.750. The zero-order chi connectivity index (χ0) is 21.9. The second-order valence-corrected chi connectivity index (χ2v) is 7.77. The molecule has 0 aromatic carbocycles. The van der Waals surface area contributed by atoms with Crippen LogP contribution < -0.4 is 10.6 Å². The van der Waals surface area contributed by atoms with Crippen molar-refractivity contribution >= 4 is 11.8 Å². The Hall–Kier alpha value is -1.62. The van der Waals surface area contributed by atoms with Crippen LogP contribution in [-0.2, 0) is 9.59 Å². The van der Waals surface area contributed by atoms with Crippen LogP contribution in [0.4, 0.5) is 0 Å².